The smallest absolute Gasteiger partial charge is 0.0425 e. The summed E-state index contributed by atoms with van der Waals surface area (Å²) < 4.78 is 0. The Morgan fingerprint density at radius 2 is 2.27 bits per heavy atom. The van der Waals surface area contributed by atoms with Crippen LogP contribution >= 0.6 is 23.5 Å². The molecule has 2 N–H and O–H groups in total. The van der Waals surface area contributed by atoms with Gasteiger partial charge in [-0.05, 0) is 25.5 Å². The van der Waals surface area contributed by atoms with E-state index in [1.807, 2.05) is 0 Å². The Morgan fingerprint density at radius 3 is 2.87 bits per heavy atom. The zero-order valence-electron chi connectivity index (χ0n) is 9.58. The van der Waals surface area contributed by atoms with E-state index in [0.717, 1.165) is 6.54 Å². The van der Waals surface area contributed by atoms with Gasteiger partial charge in [-0.2, -0.15) is 23.5 Å². The second-order valence-electron chi connectivity index (χ2n) is 4.70. The first-order valence-electron chi connectivity index (χ1n) is 5.91. The van der Waals surface area contributed by atoms with Crippen LogP contribution in [0.15, 0.2) is 0 Å². The first-order chi connectivity index (χ1) is 7.28. The molecule has 2 aliphatic heterocycles. The van der Waals surface area contributed by atoms with Crippen molar-refractivity contribution in [1.29, 1.82) is 0 Å². The fraction of sp³-hybridized carbons (Fsp3) is 1.00. The van der Waals surface area contributed by atoms with E-state index in [9.17, 15) is 0 Å². The molecule has 2 aliphatic rings. The summed E-state index contributed by atoms with van der Waals surface area (Å²) in [6.45, 7) is 4.45. The van der Waals surface area contributed by atoms with E-state index in [4.69, 9.17) is 5.73 Å². The van der Waals surface area contributed by atoms with E-state index < -0.39 is 0 Å². The van der Waals surface area contributed by atoms with Crippen LogP contribution in [0.25, 0.3) is 0 Å². The van der Waals surface area contributed by atoms with Gasteiger partial charge in [-0.15, -0.1) is 0 Å². The summed E-state index contributed by atoms with van der Waals surface area (Å²) in [5.74, 6) is 5.15. The Bertz CT molecular complexity index is 205. The van der Waals surface area contributed by atoms with Crippen LogP contribution in [0.5, 0.6) is 0 Å². The lowest BCUT2D eigenvalue weighted by Crippen LogP contribution is -2.62. The maximum absolute atomic E-state index is 6.07. The molecule has 2 atom stereocenters. The standard InChI is InChI=1S/C11H22N2S2/c1-10-7-14-6-4-13(10)11(8-12)3-2-5-15-9-11/h10H,2-9,12H2,1H3. The van der Waals surface area contributed by atoms with E-state index in [-0.39, 0.29) is 0 Å². The number of hydrogen-bond donors (Lipinski definition) is 1. The molecule has 4 heteroatoms. The third kappa shape index (κ3) is 2.48. The third-order valence-corrected chi connectivity index (χ3v) is 6.17. The normalized spacial score (nSPS) is 39.2. The minimum Gasteiger partial charge on any atom is -0.329 e. The molecular formula is C11H22N2S2. The molecule has 2 unspecified atom stereocenters. The number of hydrogen-bond acceptors (Lipinski definition) is 4. The molecule has 0 aromatic rings. The number of rotatable bonds is 2. The molecule has 0 bridgehead atoms. The van der Waals surface area contributed by atoms with E-state index in [1.165, 1.54) is 42.4 Å². The molecule has 0 radical (unpaired) electrons. The van der Waals surface area contributed by atoms with Crippen LogP contribution in [-0.2, 0) is 0 Å². The van der Waals surface area contributed by atoms with E-state index in [2.05, 4.69) is 35.3 Å². The van der Waals surface area contributed by atoms with Gasteiger partial charge in [0.1, 0.15) is 0 Å². The predicted molar refractivity (Wildman–Crippen MR) is 71.8 cm³/mol. The summed E-state index contributed by atoms with van der Waals surface area (Å²) in [6, 6.07) is 0.714. The largest absolute Gasteiger partial charge is 0.329 e. The zero-order chi connectivity index (χ0) is 10.7. The zero-order valence-corrected chi connectivity index (χ0v) is 11.2. The topological polar surface area (TPSA) is 29.3 Å². The highest BCUT2D eigenvalue weighted by molar-refractivity contribution is 7.99. The second kappa shape index (κ2) is 5.30. The van der Waals surface area contributed by atoms with E-state index in [0.29, 0.717) is 11.6 Å². The first-order valence-corrected chi connectivity index (χ1v) is 8.22. The van der Waals surface area contributed by atoms with Gasteiger partial charge in [0.15, 0.2) is 0 Å². The molecule has 0 saturated carbocycles. The quantitative estimate of drug-likeness (QED) is 0.802. The first kappa shape index (κ1) is 12.1. The number of thioether (sulfide) groups is 2. The molecule has 2 saturated heterocycles. The van der Waals surface area contributed by atoms with Crippen molar-refractivity contribution < 1.29 is 0 Å². The summed E-state index contributed by atoms with van der Waals surface area (Å²) >= 11 is 4.18. The average Bonchev–Trinajstić information content (AvgIpc) is 2.30. The van der Waals surface area contributed by atoms with Crippen LogP contribution in [0.1, 0.15) is 19.8 Å². The molecule has 0 spiro atoms. The van der Waals surface area contributed by atoms with Crippen molar-refractivity contribution in [3.8, 4) is 0 Å². The highest BCUT2D eigenvalue weighted by Gasteiger charge is 2.40. The molecule has 2 heterocycles. The van der Waals surface area contributed by atoms with E-state index >= 15 is 0 Å². The van der Waals surface area contributed by atoms with Crippen molar-refractivity contribution in [2.75, 3.05) is 36.1 Å². The summed E-state index contributed by atoms with van der Waals surface area (Å²) in [5.41, 5.74) is 6.39. The fourth-order valence-electron chi connectivity index (χ4n) is 2.77. The highest BCUT2D eigenvalue weighted by atomic mass is 32.2. The Kier molecular flexibility index (Phi) is 4.27. The Morgan fingerprint density at radius 1 is 1.40 bits per heavy atom. The average molecular weight is 246 g/mol. The summed E-state index contributed by atoms with van der Waals surface area (Å²) in [6.07, 6.45) is 2.66. The van der Waals surface area contributed by atoms with Crippen molar-refractivity contribution in [2.24, 2.45) is 5.73 Å². The molecule has 0 aromatic carbocycles. The van der Waals surface area contributed by atoms with Gasteiger partial charge in [0.2, 0.25) is 0 Å². The van der Waals surface area contributed by atoms with Gasteiger partial charge in [-0.1, -0.05) is 0 Å². The molecule has 0 amide bonds. The van der Waals surface area contributed by atoms with Crippen molar-refractivity contribution in [3.63, 3.8) is 0 Å². The highest BCUT2D eigenvalue weighted by Crippen LogP contribution is 2.35. The van der Waals surface area contributed by atoms with Gasteiger partial charge in [-0.3, -0.25) is 4.90 Å². The minimum atomic E-state index is 0.323. The van der Waals surface area contributed by atoms with Crippen molar-refractivity contribution in [3.05, 3.63) is 0 Å². The molecule has 0 aromatic heterocycles. The summed E-state index contributed by atoms with van der Waals surface area (Å²) in [7, 11) is 0. The molecule has 15 heavy (non-hydrogen) atoms. The molecule has 88 valence electrons. The molecule has 2 rings (SSSR count). The van der Waals surface area contributed by atoms with Gasteiger partial charge in [0.25, 0.3) is 0 Å². The third-order valence-electron chi connectivity index (χ3n) is 3.66. The minimum absolute atomic E-state index is 0.323. The summed E-state index contributed by atoms with van der Waals surface area (Å²) in [5, 5.41) is 0. The van der Waals surface area contributed by atoms with Gasteiger partial charge < -0.3 is 5.73 Å². The van der Waals surface area contributed by atoms with Gasteiger partial charge in [0.05, 0.1) is 0 Å². The maximum atomic E-state index is 6.07. The Labute approximate surface area is 102 Å². The maximum Gasteiger partial charge on any atom is 0.0425 e. The number of nitrogens with two attached hydrogens (primary N) is 1. The Balaban J connectivity index is 2.08. The molecular weight excluding hydrogens is 224 g/mol. The van der Waals surface area contributed by atoms with E-state index in [1.54, 1.807) is 0 Å². The van der Waals surface area contributed by atoms with Gasteiger partial charge in [-0.25, -0.2) is 0 Å². The van der Waals surface area contributed by atoms with Gasteiger partial charge >= 0.3 is 0 Å². The SMILES string of the molecule is CC1CSCCN1C1(CN)CCCSC1. The fourth-order valence-corrected chi connectivity index (χ4v) is 5.09. The monoisotopic (exact) mass is 246 g/mol. The van der Waals surface area contributed by atoms with Crippen LogP contribution in [0.4, 0.5) is 0 Å². The predicted octanol–water partition coefficient (Wildman–Crippen LogP) is 1.65. The van der Waals surface area contributed by atoms with Crippen LogP contribution in [0.3, 0.4) is 0 Å². The van der Waals surface area contributed by atoms with Gasteiger partial charge in [0, 0.05) is 41.9 Å². The van der Waals surface area contributed by atoms with Crippen LogP contribution in [0.2, 0.25) is 0 Å². The molecule has 2 nitrogen and oxygen atoms in total. The van der Waals surface area contributed by atoms with Crippen molar-refractivity contribution in [2.45, 2.75) is 31.3 Å². The summed E-state index contributed by atoms with van der Waals surface area (Å²) in [4.78, 5) is 2.70. The van der Waals surface area contributed by atoms with Crippen molar-refractivity contribution in [1.82, 2.24) is 4.90 Å². The van der Waals surface area contributed by atoms with Crippen LogP contribution < -0.4 is 5.73 Å². The van der Waals surface area contributed by atoms with Crippen LogP contribution in [-0.4, -0.2) is 52.6 Å². The second-order valence-corrected chi connectivity index (χ2v) is 6.96. The lowest BCUT2D eigenvalue weighted by Gasteiger charge is -2.50. The van der Waals surface area contributed by atoms with Crippen LogP contribution in [0, 0.1) is 0 Å². The molecule has 2 fully saturated rings. The lowest BCUT2D eigenvalue weighted by atomic mass is 9.91. The lowest BCUT2D eigenvalue weighted by molar-refractivity contribution is 0.0754. The number of nitrogens with zero attached hydrogens (tertiary/aromatic N) is 1. The molecule has 0 aliphatic carbocycles. The van der Waals surface area contributed by atoms with Crippen molar-refractivity contribution >= 4 is 23.5 Å². The Hall–Kier alpha value is 0.620.